The van der Waals surface area contributed by atoms with E-state index in [-0.39, 0.29) is 4.90 Å². The molecular weight excluding hydrogens is 300 g/mol. The number of sulfonamides is 1. The van der Waals surface area contributed by atoms with E-state index in [4.69, 9.17) is 4.74 Å². The van der Waals surface area contributed by atoms with Crippen LogP contribution in [0.1, 0.15) is 25.1 Å². The van der Waals surface area contributed by atoms with Crippen molar-refractivity contribution >= 4 is 10.0 Å². The quantitative estimate of drug-likeness (QED) is 0.919. The van der Waals surface area contributed by atoms with Crippen molar-refractivity contribution in [2.45, 2.75) is 31.2 Å². The van der Waals surface area contributed by atoms with Crippen molar-refractivity contribution in [2.24, 2.45) is 0 Å². The molecule has 0 bridgehead atoms. The highest BCUT2D eigenvalue weighted by molar-refractivity contribution is 7.89. The minimum atomic E-state index is -3.75. The molecule has 1 aromatic carbocycles. The number of rotatable bonds is 5. The molecule has 0 aliphatic carbocycles. The maximum absolute atomic E-state index is 12.7. The second kappa shape index (κ2) is 6.06. The molecule has 0 amide bonds. The van der Waals surface area contributed by atoms with Crippen molar-refractivity contribution in [3.05, 3.63) is 53.9 Å². The fraction of sp³-hybridized carbons (Fsp3) is 0.312. The third-order valence-corrected chi connectivity index (χ3v) is 4.98. The average Bonchev–Trinajstić information content (AvgIpc) is 2.47. The lowest BCUT2D eigenvalue weighted by Gasteiger charge is -2.26. The van der Waals surface area contributed by atoms with Gasteiger partial charge in [0, 0.05) is 6.20 Å². The van der Waals surface area contributed by atoms with Gasteiger partial charge in [0.2, 0.25) is 10.0 Å². The van der Waals surface area contributed by atoms with Crippen LogP contribution in [-0.4, -0.2) is 20.5 Å². The molecule has 0 spiro atoms. The van der Waals surface area contributed by atoms with Gasteiger partial charge >= 0.3 is 0 Å². The Hall–Kier alpha value is -1.92. The number of benzene rings is 1. The second-order valence-corrected chi connectivity index (χ2v) is 7.25. The summed E-state index contributed by atoms with van der Waals surface area (Å²) in [5.74, 6) is 0.315. The Morgan fingerprint density at radius 3 is 2.50 bits per heavy atom. The maximum Gasteiger partial charge on any atom is 0.245 e. The Kier molecular flexibility index (Phi) is 4.53. The molecule has 0 saturated carbocycles. The van der Waals surface area contributed by atoms with Crippen molar-refractivity contribution in [1.29, 1.82) is 0 Å². The number of pyridine rings is 1. The molecule has 0 radical (unpaired) electrons. The molecule has 5 nitrogen and oxygen atoms in total. The highest BCUT2D eigenvalue weighted by Crippen LogP contribution is 2.27. The molecule has 1 heterocycles. The van der Waals surface area contributed by atoms with E-state index in [9.17, 15) is 8.42 Å². The predicted octanol–water partition coefficient (Wildman–Crippen LogP) is 2.61. The van der Waals surface area contributed by atoms with Crippen molar-refractivity contribution < 1.29 is 13.2 Å². The zero-order valence-corrected chi connectivity index (χ0v) is 13.9. The van der Waals surface area contributed by atoms with Gasteiger partial charge in [-0.05, 0) is 50.6 Å². The van der Waals surface area contributed by atoms with Gasteiger partial charge in [-0.25, -0.2) is 8.42 Å². The summed E-state index contributed by atoms with van der Waals surface area (Å²) in [6.45, 7) is 5.38. The van der Waals surface area contributed by atoms with Crippen LogP contribution in [0.4, 0.5) is 0 Å². The standard InChI is InChI=1S/C16H20N2O3S/c1-12-8-9-13(21-4)14(11-12)22(19,20)18-16(2,3)15-7-5-6-10-17-15/h5-11,18H,1-4H3. The summed E-state index contributed by atoms with van der Waals surface area (Å²) in [6.07, 6.45) is 1.64. The van der Waals surface area contributed by atoms with Gasteiger partial charge in [-0.15, -0.1) is 0 Å². The second-order valence-electron chi connectivity index (χ2n) is 5.60. The monoisotopic (exact) mass is 320 g/mol. The van der Waals surface area contributed by atoms with Crippen LogP contribution in [0.3, 0.4) is 0 Å². The maximum atomic E-state index is 12.7. The van der Waals surface area contributed by atoms with E-state index in [1.807, 2.05) is 19.1 Å². The summed E-state index contributed by atoms with van der Waals surface area (Å²) in [5, 5.41) is 0. The Morgan fingerprint density at radius 2 is 1.91 bits per heavy atom. The first kappa shape index (κ1) is 16.5. The van der Waals surface area contributed by atoms with Crippen molar-refractivity contribution in [1.82, 2.24) is 9.71 Å². The fourth-order valence-corrected chi connectivity index (χ4v) is 3.81. The van der Waals surface area contributed by atoms with E-state index in [0.29, 0.717) is 11.4 Å². The van der Waals surface area contributed by atoms with Crippen LogP contribution in [0.2, 0.25) is 0 Å². The Bertz CT molecular complexity index is 756. The van der Waals surface area contributed by atoms with Crippen molar-refractivity contribution in [2.75, 3.05) is 7.11 Å². The summed E-state index contributed by atoms with van der Waals surface area (Å²) in [5.41, 5.74) is 0.650. The van der Waals surface area contributed by atoms with Crippen LogP contribution >= 0.6 is 0 Å². The molecule has 118 valence electrons. The topological polar surface area (TPSA) is 68.3 Å². The molecule has 22 heavy (non-hydrogen) atoms. The Morgan fingerprint density at radius 1 is 1.18 bits per heavy atom. The van der Waals surface area contributed by atoms with Crippen LogP contribution in [-0.2, 0) is 15.6 Å². The van der Waals surface area contributed by atoms with Crippen molar-refractivity contribution in [3.63, 3.8) is 0 Å². The Balaban J connectivity index is 2.42. The molecule has 0 atom stereocenters. The SMILES string of the molecule is COc1ccc(C)cc1S(=O)(=O)NC(C)(C)c1ccccn1. The first-order chi connectivity index (χ1) is 10.3. The molecule has 0 saturated heterocycles. The lowest BCUT2D eigenvalue weighted by molar-refractivity contribution is 0.400. The van der Waals surface area contributed by atoms with E-state index < -0.39 is 15.6 Å². The van der Waals surface area contributed by atoms with Gasteiger partial charge in [-0.1, -0.05) is 12.1 Å². The van der Waals surface area contributed by atoms with Gasteiger partial charge in [0.05, 0.1) is 18.3 Å². The molecule has 2 rings (SSSR count). The van der Waals surface area contributed by atoms with Crippen LogP contribution in [0.5, 0.6) is 5.75 Å². The van der Waals surface area contributed by atoms with Gasteiger partial charge in [0.1, 0.15) is 10.6 Å². The molecule has 6 heteroatoms. The smallest absolute Gasteiger partial charge is 0.245 e. The molecule has 0 aliphatic rings. The van der Waals surface area contributed by atoms with Crippen molar-refractivity contribution in [3.8, 4) is 5.75 Å². The number of nitrogens with zero attached hydrogens (tertiary/aromatic N) is 1. The summed E-state index contributed by atoms with van der Waals surface area (Å²) in [4.78, 5) is 4.35. The first-order valence-electron chi connectivity index (χ1n) is 6.86. The molecule has 1 N–H and O–H groups in total. The van der Waals surface area contributed by atoms with Gasteiger partial charge < -0.3 is 4.74 Å². The van der Waals surface area contributed by atoms with E-state index in [1.165, 1.54) is 7.11 Å². The molecular formula is C16H20N2O3S. The largest absolute Gasteiger partial charge is 0.495 e. The highest BCUT2D eigenvalue weighted by Gasteiger charge is 2.30. The number of methoxy groups -OCH3 is 1. The van der Waals surface area contributed by atoms with Crippen LogP contribution in [0, 0.1) is 6.92 Å². The number of hydrogen-bond acceptors (Lipinski definition) is 4. The number of aryl methyl sites for hydroxylation is 1. The first-order valence-corrected chi connectivity index (χ1v) is 8.35. The lowest BCUT2D eigenvalue weighted by atomic mass is 10.0. The van der Waals surface area contributed by atoms with Gasteiger partial charge in [-0.2, -0.15) is 4.72 Å². The van der Waals surface area contributed by atoms with Crippen LogP contribution < -0.4 is 9.46 Å². The minimum Gasteiger partial charge on any atom is -0.495 e. The molecule has 0 unspecified atom stereocenters. The number of nitrogens with one attached hydrogen (secondary N) is 1. The summed E-state index contributed by atoms with van der Waals surface area (Å²) >= 11 is 0. The van der Waals surface area contributed by atoms with Gasteiger partial charge in [-0.3, -0.25) is 4.98 Å². The van der Waals surface area contributed by atoms with E-state index in [0.717, 1.165) is 5.56 Å². The summed E-state index contributed by atoms with van der Waals surface area (Å²) in [7, 11) is -2.29. The van der Waals surface area contributed by atoms with Crippen LogP contribution in [0.25, 0.3) is 0 Å². The highest BCUT2D eigenvalue weighted by atomic mass is 32.2. The third-order valence-electron chi connectivity index (χ3n) is 3.30. The van der Waals surface area contributed by atoms with Crippen LogP contribution in [0.15, 0.2) is 47.5 Å². The van der Waals surface area contributed by atoms with E-state index >= 15 is 0 Å². The average molecular weight is 320 g/mol. The van der Waals surface area contributed by atoms with E-state index in [2.05, 4.69) is 9.71 Å². The molecule has 0 aliphatic heterocycles. The summed E-state index contributed by atoms with van der Waals surface area (Å²) < 4.78 is 33.3. The zero-order chi connectivity index (χ0) is 16.4. The molecule has 1 aromatic heterocycles. The Labute approximate surface area is 131 Å². The lowest BCUT2D eigenvalue weighted by Crippen LogP contribution is -2.41. The minimum absolute atomic E-state index is 0.124. The number of aromatic nitrogens is 1. The van der Waals surface area contributed by atoms with Gasteiger partial charge in [0.25, 0.3) is 0 Å². The normalized spacial score (nSPS) is 12.2. The molecule has 0 fully saturated rings. The fourth-order valence-electron chi connectivity index (χ4n) is 2.17. The zero-order valence-electron chi connectivity index (χ0n) is 13.1. The molecule has 2 aromatic rings. The number of hydrogen-bond donors (Lipinski definition) is 1. The van der Waals surface area contributed by atoms with E-state index in [1.54, 1.807) is 44.3 Å². The summed E-state index contributed by atoms with van der Waals surface area (Å²) in [6, 6.07) is 10.5. The number of ether oxygens (including phenoxy) is 1. The third kappa shape index (κ3) is 3.45. The predicted molar refractivity (Wildman–Crippen MR) is 85.3 cm³/mol. The van der Waals surface area contributed by atoms with Gasteiger partial charge in [0.15, 0.2) is 0 Å².